The Hall–Kier alpha value is -2.87. The van der Waals surface area contributed by atoms with E-state index < -0.39 is 22.1 Å². The Labute approximate surface area is 170 Å². The first-order valence-electron chi connectivity index (χ1n) is 9.20. The Morgan fingerprint density at radius 1 is 1.07 bits per heavy atom. The van der Waals surface area contributed by atoms with Crippen LogP contribution in [0, 0.1) is 0 Å². The monoisotopic (exact) mass is 417 g/mol. The van der Waals surface area contributed by atoms with E-state index in [4.69, 9.17) is 9.47 Å². The number of rotatable bonds is 6. The molecule has 0 saturated heterocycles. The number of aryl methyl sites for hydroxylation is 1. The van der Waals surface area contributed by atoms with Crippen LogP contribution < -0.4 is 9.04 Å². The summed E-state index contributed by atoms with van der Waals surface area (Å²) < 4.78 is 35.7. The van der Waals surface area contributed by atoms with Crippen molar-refractivity contribution in [3.05, 3.63) is 59.2 Å². The number of nitrogens with zero attached hydrogens (tertiary/aromatic N) is 1. The third kappa shape index (κ3) is 4.59. The Morgan fingerprint density at radius 2 is 1.72 bits per heavy atom. The summed E-state index contributed by atoms with van der Waals surface area (Å²) in [5.74, 6) is -0.316. The summed E-state index contributed by atoms with van der Waals surface area (Å²) in [5.41, 5.74) is 2.05. The fourth-order valence-electron chi connectivity index (χ4n) is 3.31. The molecule has 0 amide bonds. The van der Waals surface area contributed by atoms with Gasteiger partial charge in [0.2, 0.25) is 15.8 Å². The summed E-state index contributed by atoms with van der Waals surface area (Å²) in [5, 5.41) is 0. The van der Waals surface area contributed by atoms with Crippen molar-refractivity contribution in [3.8, 4) is 5.75 Å². The summed E-state index contributed by atoms with van der Waals surface area (Å²) in [6, 6.07) is 11.3. The topological polar surface area (TPSA) is 90.0 Å². The van der Waals surface area contributed by atoms with E-state index in [0.29, 0.717) is 36.4 Å². The van der Waals surface area contributed by atoms with Gasteiger partial charge < -0.3 is 9.47 Å². The highest BCUT2D eigenvalue weighted by molar-refractivity contribution is 7.92. The molecule has 0 bridgehead atoms. The van der Waals surface area contributed by atoms with Gasteiger partial charge in [-0.05, 0) is 67.8 Å². The minimum atomic E-state index is -3.37. The highest BCUT2D eigenvalue weighted by Gasteiger charge is 2.26. The predicted molar refractivity (Wildman–Crippen MR) is 109 cm³/mol. The Bertz CT molecular complexity index is 1030. The third-order valence-corrected chi connectivity index (χ3v) is 6.00. The lowest BCUT2D eigenvalue weighted by molar-refractivity contribution is 0.0318. The molecule has 0 fully saturated rings. The van der Waals surface area contributed by atoms with Crippen LogP contribution in [0.15, 0.2) is 42.5 Å². The van der Waals surface area contributed by atoms with Gasteiger partial charge in [-0.15, -0.1) is 0 Å². The van der Waals surface area contributed by atoms with Gasteiger partial charge in [-0.25, -0.2) is 13.2 Å². The largest absolute Gasteiger partial charge is 0.497 e. The van der Waals surface area contributed by atoms with E-state index in [1.807, 2.05) is 0 Å². The number of carbonyl (C=O) groups excluding carboxylic acids is 2. The lowest BCUT2D eigenvalue weighted by Crippen LogP contribution is -2.34. The van der Waals surface area contributed by atoms with E-state index >= 15 is 0 Å². The molecule has 154 valence electrons. The summed E-state index contributed by atoms with van der Waals surface area (Å²) in [4.78, 5) is 25.0. The first-order chi connectivity index (χ1) is 13.7. The van der Waals surface area contributed by atoms with Crippen LogP contribution in [0.3, 0.4) is 0 Å². The molecule has 8 heteroatoms. The summed E-state index contributed by atoms with van der Waals surface area (Å²) in [7, 11) is -1.84. The molecule has 0 aromatic heterocycles. The number of sulfonamides is 1. The van der Waals surface area contributed by atoms with Gasteiger partial charge >= 0.3 is 5.97 Å². The van der Waals surface area contributed by atoms with Crippen LogP contribution in [-0.2, 0) is 21.2 Å². The number of benzene rings is 2. The maximum Gasteiger partial charge on any atom is 0.338 e. The van der Waals surface area contributed by atoms with Crippen LogP contribution in [0.4, 0.5) is 5.69 Å². The van der Waals surface area contributed by atoms with Gasteiger partial charge in [-0.3, -0.25) is 9.10 Å². The first-order valence-corrected chi connectivity index (χ1v) is 11.1. The molecule has 1 atom stereocenters. The van der Waals surface area contributed by atoms with E-state index in [-0.39, 0.29) is 11.3 Å². The average Bonchev–Trinajstić information content (AvgIpc) is 2.71. The Balaban J connectivity index is 1.74. The van der Waals surface area contributed by atoms with Crippen LogP contribution in [0.2, 0.25) is 0 Å². The summed E-state index contributed by atoms with van der Waals surface area (Å²) in [6.45, 7) is 1.94. The molecule has 0 saturated carbocycles. The number of hydrogen-bond donors (Lipinski definition) is 0. The fourth-order valence-corrected chi connectivity index (χ4v) is 4.30. The van der Waals surface area contributed by atoms with Gasteiger partial charge in [-0.2, -0.15) is 0 Å². The maximum atomic E-state index is 12.5. The second-order valence-electron chi connectivity index (χ2n) is 6.92. The van der Waals surface area contributed by atoms with Crippen molar-refractivity contribution in [1.82, 2.24) is 0 Å². The number of hydrogen-bond acceptors (Lipinski definition) is 6. The van der Waals surface area contributed by atoms with Gasteiger partial charge in [0.05, 0.1) is 24.6 Å². The van der Waals surface area contributed by atoms with Crippen LogP contribution >= 0.6 is 0 Å². The maximum absolute atomic E-state index is 12.5. The smallest absolute Gasteiger partial charge is 0.338 e. The summed E-state index contributed by atoms with van der Waals surface area (Å²) in [6.07, 6.45) is 1.55. The van der Waals surface area contributed by atoms with E-state index in [0.717, 1.165) is 11.8 Å². The molecular weight excluding hydrogens is 394 g/mol. The van der Waals surface area contributed by atoms with Gasteiger partial charge in [0.1, 0.15) is 5.75 Å². The van der Waals surface area contributed by atoms with Crippen molar-refractivity contribution in [1.29, 1.82) is 0 Å². The Kier molecular flexibility index (Phi) is 5.93. The molecule has 0 radical (unpaired) electrons. The van der Waals surface area contributed by atoms with E-state index in [1.54, 1.807) is 36.4 Å². The number of esters is 1. The number of ketones is 1. The van der Waals surface area contributed by atoms with Crippen LogP contribution in [0.25, 0.3) is 0 Å². The number of carbonyl (C=O) groups is 2. The van der Waals surface area contributed by atoms with E-state index in [2.05, 4.69) is 0 Å². The minimum absolute atomic E-state index is 0.286. The zero-order chi connectivity index (χ0) is 21.2. The van der Waals surface area contributed by atoms with Gasteiger partial charge in [0, 0.05) is 12.1 Å². The standard InChI is InChI=1S/C21H23NO6S/c1-14(20(23)15-6-9-18(27-2)10-7-15)28-21(24)17-8-11-19-16(13-17)5-4-12-22(19)29(3,25)26/h6-11,13-14H,4-5,12H2,1-3H3/t14-/m0/s1. The predicted octanol–water partition coefficient (Wildman–Crippen LogP) is 2.84. The van der Waals surface area contributed by atoms with Gasteiger partial charge in [-0.1, -0.05) is 0 Å². The van der Waals surface area contributed by atoms with Crippen LogP contribution in [-0.4, -0.2) is 46.2 Å². The minimum Gasteiger partial charge on any atom is -0.497 e. The lowest BCUT2D eigenvalue weighted by atomic mass is 10.0. The fraction of sp³-hybridized carbons (Fsp3) is 0.333. The molecule has 2 aromatic rings. The molecule has 1 heterocycles. The van der Waals surface area contributed by atoms with Crippen LogP contribution in [0.1, 0.15) is 39.6 Å². The SMILES string of the molecule is COc1ccc(C(=O)[C@H](C)OC(=O)c2ccc3c(c2)CCCN3S(C)(=O)=O)cc1. The highest BCUT2D eigenvalue weighted by Crippen LogP contribution is 2.30. The second-order valence-corrected chi connectivity index (χ2v) is 8.83. The van der Waals surface area contributed by atoms with Crippen molar-refractivity contribution in [2.75, 3.05) is 24.2 Å². The van der Waals surface area contributed by atoms with Gasteiger partial charge in [0.15, 0.2) is 6.10 Å². The zero-order valence-electron chi connectivity index (χ0n) is 16.5. The van der Waals surface area contributed by atoms with Gasteiger partial charge in [0.25, 0.3) is 0 Å². The highest BCUT2D eigenvalue weighted by atomic mass is 32.2. The molecule has 0 N–H and O–H groups in total. The lowest BCUT2D eigenvalue weighted by Gasteiger charge is -2.29. The van der Waals surface area contributed by atoms with E-state index in [1.165, 1.54) is 24.4 Å². The number of ether oxygens (including phenoxy) is 2. The quantitative estimate of drug-likeness (QED) is 0.530. The van der Waals surface area contributed by atoms with Crippen molar-refractivity contribution in [2.45, 2.75) is 25.9 Å². The number of fused-ring (bicyclic) bond motifs is 1. The van der Waals surface area contributed by atoms with Crippen LogP contribution in [0.5, 0.6) is 5.75 Å². The molecule has 7 nitrogen and oxygen atoms in total. The molecule has 0 spiro atoms. The average molecular weight is 417 g/mol. The molecule has 2 aromatic carbocycles. The van der Waals surface area contributed by atoms with Crippen molar-refractivity contribution in [3.63, 3.8) is 0 Å². The molecule has 3 rings (SSSR count). The zero-order valence-corrected chi connectivity index (χ0v) is 17.4. The number of anilines is 1. The van der Waals surface area contributed by atoms with Crippen molar-refractivity contribution in [2.24, 2.45) is 0 Å². The molecule has 0 unspecified atom stereocenters. The Morgan fingerprint density at radius 3 is 2.34 bits per heavy atom. The summed E-state index contributed by atoms with van der Waals surface area (Å²) >= 11 is 0. The second kappa shape index (κ2) is 8.24. The normalized spacial score (nSPS) is 14.7. The van der Waals surface area contributed by atoms with Crippen molar-refractivity contribution >= 4 is 27.5 Å². The molecule has 29 heavy (non-hydrogen) atoms. The van der Waals surface area contributed by atoms with Crippen molar-refractivity contribution < 1.29 is 27.5 Å². The molecular formula is C21H23NO6S. The molecule has 1 aliphatic rings. The van der Waals surface area contributed by atoms with E-state index in [9.17, 15) is 18.0 Å². The first kappa shape index (κ1) is 20.9. The number of methoxy groups -OCH3 is 1. The number of Topliss-reactive ketones (excluding diaryl/α,β-unsaturated/α-hetero) is 1. The molecule has 0 aliphatic carbocycles. The third-order valence-electron chi connectivity index (χ3n) is 4.82. The molecule has 1 aliphatic heterocycles.